The standard InChI is InChI=1S/C19H29N3O3S/c1-17(2)8-10-20-19(23)16-21-11-13-22(14-12-21)26(24,25)15-9-18-6-4-3-5-7-18/h3-7,9,15,17H,8,10-14,16H2,1-2H3,(H,20,23)/b15-9+. The lowest BCUT2D eigenvalue weighted by molar-refractivity contribution is -0.122. The SMILES string of the molecule is CC(C)CCNC(=O)CN1CCN(S(=O)(=O)/C=C/c2ccccc2)CC1. The molecule has 0 spiro atoms. The summed E-state index contributed by atoms with van der Waals surface area (Å²) < 4.78 is 26.3. The Kier molecular flexibility index (Phi) is 7.81. The van der Waals surface area contributed by atoms with Crippen LogP contribution in [0.1, 0.15) is 25.8 Å². The molecule has 0 unspecified atom stereocenters. The summed E-state index contributed by atoms with van der Waals surface area (Å²) in [6, 6.07) is 9.36. The molecule has 1 fully saturated rings. The van der Waals surface area contributed by atoms with Crippen molar-refractivity contribution >= 4 is 22.0 Å². The summed E-state index contributed by atoms with van der Waals surface area (Å²) in [4.78, 5) is 13.9. The smallest absolute Gasteiger partial charge is 0.236 e. The van der Waals surface area contributed by atoms with Gasteiger partial charge in [0.05, 0.1) is 6.54 Å². The normalized spacial score (nSPS) is 17.0. The second kappa shape index (κ2) is 9.85. The van der Waals surface area contributed by atoms with Crippen molar-refractivity contribution in [3.8, 4) is 0 Å². The number of sulfonamides is 1. The number of carbonyl (C=O) groups excluding carboxylic acids is 1. The molecule has 6 nitrogen and oxygen atoms in total. The lowest BCUT2D eigenvalue weighted by atomic mass is 10.1. The van der Waals surface area contributed by atoms with Crippen molar-refractivity contribution in [2.45, 2.75) is 20.3 Å². The van der Waals surface area contributed by atoms with Gasteiger partial charge in [-0.25, -0.2) is 8.42 Å². The van der Waals surface area contributed by atoms with Crippen LogP contribution >= 0.6 is 0 Å². The summed E-state index contributed by atoms with van der Waals surface area (Å²) in [7, 11) is -3.43. The van der Waals surface area contributed by atoms with Crippen LogP contribution in [0, 0.1) is 5.92 Å². The summed E-state index contributed by atoms with van der Waals surface area (Å²) >= 11 is 0. The minimum absolute atomic E-state index is 0.00549. The second-order valence-electron chi connectivity index (χ2n) is 6.97. The molecule has 0 aromatic heterocycles. The summed E-state index contributed by atoms with van der Waals surface area (Å²) in [6.45, 7) is 7.20. The van der Waals surface area contributed by atoms with Crippen LogP contribution in [0.2, 0.25) is 0 Å². The van der Waals surface area contributed by atoms with Crippen molar-refractivity contribution in [2.24, 2.45) is 5.92 Å². The van der Waals surface area contributed by atoms with Gasteiger partial charge in [-0.05, 0) is 24.0 Å². The lowest BCUT2D eigenvalue weighted by Crippen LogP contribution is -2.50. The molecule has 1 aromatic carbocycles. The number of piperazine rings is 1. The van der Waals surface area contributed by atoms with Crippen molar-refractivity contribution in [3.63, 3.8) is 0 Å². The Morgan fingerprint density at radius 1 is 1.15 bits per heavy atom. The maximum Gasteiger partial charge on any atom is 0.236 e. The van der Waals surface area contributed by atoms with Crippen molar-refractivity contribution in [1.29, 1.82) is 0 Å². The van der Waals surface area contributed by atoms with E-state index in [1.165, 1.54) is 9.71 Å². The Morgan fingerprint density at radius 2 is 1.81 bits per heavy atom. The molecule has 0 saturated carbocycles. The molecule has 26 heavy (non-hydrogen) atoms. The van der Waals surface area contributed by atoms with Crippen LogP contribution in [0.25, 0.3) is 6.08 Å². The van der Waals surface area contributed by atoms with Crippen molar-refractivity contribution in [1.82, 2.24) is 14.5 Å². The van der Waals surface area contributed by atoms with Gasteiger partial charge in [0.2, 0.25) is 15.9 Å². The summed E-state index contributed by atoms with van der Waals surface area (Å²) in [5.74, 6) is 0.568. The first kappa shape index (κ1) is 20.6. The predicted molar refractivity (Wildman–Crippen MR) is 105 cm³/mol. The fourth-order valence-corrected chi connectivity index (χ4v) is 3.89. The molecule has 1 saturated heterocycles. The third-order valence-corrected chi connectivity index (χ3v) is 5.90. The van der Waals surface area contributed by atoms with Gasteiger partial charge in [0.25, 0.3) is 0 Å². The minimum atomic E-state index is -3.43. The number of hydrogen-bond acceptors (Lipinski definition) is 4. The zero-order valence-electron chi connectivity index (χ0n) is 15.6. The number of rotatable bonds is 8. The Bertz CT molecular complexity index is 694. The van der Waals surface area contributed by atoms with Crippen LogP contribution in [-0.2, 0) is 14.8 Å². The molecule has 0 atom stereocenters. The van der Waals surface area contributed by atoms with Gasteiger partial charge < -0.3 is 5.32 Å². The van der Waals surface area contributed by atoms with Crippen LogP contribution in [0.4, 0.5) is 0 Å². The highest BCUT2D eigenvalue weighted by molar-refractivity contribution is 7.92. The first-order chi connectivity index (χ1) is 12.4. The molecule has 1 aliphatic heterocycles. The van der Waals surface area contributed by atoms with E-state index in [1.807, 2.05) is 35.2 Å². The number of nitrogens with zero attached hydrogens (tertiary/aromatic N) is 2. The first-order valence-electron chi connectivity index (χ1n) is 9.09. The van der Waals surface area contributed by atoms with Gasteiger partial charge in [0.1, 0.15) is 0 Å². The summed E-state index contributed by atoms with van der Waals surface area (Å²) in [5.41, 5.74) is 0.854. The van der Waals surface area contributed by atoms with E-state index in [-0.39, 0.29) is 5.91 Å². The van der Waals surface area contributed by atoms with Gasteiger partial charge in [-0.3, -0.25) is 9.69 Å². The molecule has 0 radical (unpaired) electrons. The maximum absolute atomic E-state index is 12.4. The minimum Gasteiger partial charge on any atom is -0.355 e. The molecular weight excluding hydrogens is 350 g/mol. The molecule has 1 N–H and O–H groups in total. The lowest BCUT2D eigenvalue weighted by Gasteiger charge is -2.32. The third kappa shape index (κ3) is 6.90. The molecule has 1 aliphatic rings. The van der Waals surface area contributed by atoms with E-state index in [0.29, 0.717) is 45.2 Å². The first-order valence-corrected chi connectivity index (χ1v) is 10.6. The Hall–Kier alpha value is -1.70. The van der Waals surface area contributed by atoms with Crippen molar-refractivity contribution < 1.29 is 13.2 Å². The third-order valence-electron chi connectivity index (χ3n) is 4.33. The number of carbonyl (C=O) groups is 1. The zero-order valence-corrected chi connectivity index (χ0v) is 16.4. The number of amides is 1. The van der Waals surface area contributed by atoms with E-state index in [2.05, 4.69) is 19.2 Å². The van der Waals surface area contributed by atoms with Gasteiger partial charge >= 0.3 is 0 Å². The van der Waals surface area contributed by atoms with Gasteiger partial charge in [-0.2, -0.15) is 4.31 Å². The topological polar surface area (TPSA) is 69.7 Å². The average Bonchev–Trinajstić information content (AvgIpc) is 2.61. The Morgan fingerprint density at radius 3 is 2.42 bits per heavy atom. The van der Waals surface area contributed by atoms with Crippen molar-refractivity contribution in [2.75, 3.05) is 39.3 Å². The van der Waals surface area contributed by atoms with E-state index in [0.717, 1.165) is 12.0 Å². The van der Waals surface area contributed by atoms with E-state index in [4.69, 9.17) is 0 Å². The average molecular weight is 380 g/mol. The number of benzene rings is 1. The predicted octanol–water partition coefficient (Wildman–Crippen LogP) is 1.77. The second-order valence-corrected chi connectivity index (χ2v) is 8.78. The molecule has 144 valence electrons. The van der Waals surface area contributed by atoms with Crippen LogP contribution in [0.15, 0.2) is 35.7 Å². The van der Waals surface area contributed by atoms with Gasteiger partial charge in [0.15, 0.2) is 0 Å². The molecule has 0 aliphatic carbocycles. The van der Waals surface area contributed by atoms with Crippen LogP contribution < -0.4 is 5.32 Å². The van der Waals surface area contributed by atoms with Crippen molar-refractivity contribution in [3.05, 3.63) is 41.3 Å². The largest absolute Gasteiger partial charge is 0.355 e. The highest BCUT2D eigenvalue weighted by atomic mass is 32.2. The number of nitrogens with one attached hydrogen (secondary N) is 1. The number of hydrogen-bond donors (Lipinski definition) is 1. The molecule has 7 heteroatoms. The fraction of sp³-hybridized carbons (Fsp3) is 0.526. The van der Waals surface area contributed by atoms with Gasteiger partial charge in [-0.15, -0.1) is 0 Å². The van der Waals surface area contributed by atoms with E-state index < -0.39 is 10.0 Å². The molecular formula is C19H29N3O3S. The van der Waals surface area contributed by atoms with E-state index in [9.17, 15) is 13.2 Å². The maximum atomic E-state index is 12.4. The fourth-order valence-electron chi connectivity index (χ4n) is 2.72. The molecule has 1 amide bonds. The van der Waals surface area contributed by atoms with Crippen LogP contribution in [-0.4, -0.2) is 62.8 Å². The van der Waals surface area contributed by atoms with Gasteiger partial charge in [0, 0.05) is 38.1 Å². The molecule has 0 bridgehead atoms. The van der Waals surface area contributed by atoms with E-state index >= 15 is 0 Å². The monoisotopic (exact) mass is 379 g/mol. The quantitative estimate of drug-likeness (QED) is 0.747. The molecule has 1 aromatic rings. The Balaban J connectivity index is 1.78. The highest BCUT2D eigenvalue weighted by Gasteiger charge is 2.25. The van der Waals surface area contributed by atoms with Crippen LogP contribution in [0.5, 0.6) is 0 Å². The Labute approximate surface area is 156 Å². The molecule has 1 heterocycles. The summed E-state index contributed by atoms with van der Waals surface area (Å²) in [6.07, 6.45) is 2.58. The summed E-state index contributed by atoms with van der Waals surface area (Å²) in [5, 5.41) is 4.18. The van der Waals surface area contributed by atoms with E-state index in [1.54, 1.807) is 6.08 Å². The molecule has 2 rings (SSSR count). The zero-order chi connectivity index (χ0) is 19.0. The highest BCUT2D eigenvalue weighted by Crippen LogP contribution is 2.11. The van der Waals surface area contributed by atoms with Crippen LogP contribution in [0.3, 0.4) is 0 Å². The van der Waals surface area contributed by atoms with Gasteiger partial charge in [-0.1, -0.05) is 44.2 Å².